The Bertz CT molecular complexity index is 187. The fourth-order valence-corrected chi connectivity index (χ4v) is 1.10. The third-order valence-corrected chi connectivity index (χ3v) is 1.72. The highest BCUT2D eigenvalue weighted by molar-refractivity contribution is 5.73. The minimum absolute atomic E-state index is 0.128. The van der Waals surface area contributed by atoms with Crippen molar-refractivity contribution >= 4 is 6.29 Å². The lowest BCUT2D eigenvalue weighted by atomic mass is 10.1. The van der Waals surface area contributed by atoms with Gasteiger partial charge in [-0.2, -0.15) is 0 Å². The zero-order chi connectivity index (χ0) is 8.97. The standard InChI is InChI=1S/C8H12O4/c1-11-8-3-6(4-9)2-7(5-10)12-8/h2,4,7-8,10H,3,5H2,1H3. The normalized spacial score (nSPS) is 29.7. The molecule has 0 aliphatic carbocycles. The predicted molar refractivity (Wildman–Crippen MR) is 41.5 cm³/mol. The van der Waals surface area contributed by atoms with E-state index >= 15 is 0 Å². The van der Waals surface area contributed by atoms with Gasteiger partial charge in [-0.3, -0.25) is 4.79 Å². The molecular formula is C8H12O4. The van der Waals surface area contributed by atoms with E-state index in [1.54, 1.807) is 6.08 Å². The first-order valence-electron chi connectivity index (χ1n) is 3.75. The second-order valence-electron chi connectivity index (χ2n) is 2.59. The molecule has 0 aromatic carbocycles. The number of aldehydes is 1. The van der Waals surface area contributed by atoms with Crippen molar-refractivity contribution in [1.82, 2.24) is 0 Å². The van der Waals surface area contributed by atoms with E-state index in [1.807, 2.05) is 0 Å². The summed E-state index contributed by atoms with van der Waals surface area (Å²) in [5.41, 5.74) is 0.618. The summed E-state index contributed by atoms with van der Waals surface area (Å²) < 4.78 is 10.1. The number of hydrogen-bond acceptors (Lipinski definition) is 4. The first kappa shape index (κ1) is 9.38. The highest BCUT2D eigenvalue weighted by atomic mass is 16.7. The summed E-state index contributed by atoms with van der Waals surface area (Å²) in [5, 5.41) is 8.78. The maximum absolute atomic E-state index is 10.4. The van der Waals surface area contributed by atoms with E-state index in [1.165, 1.54) is 7.11 Å². The molecule has 0 fully saturated rings. The van der Waals surface area contributed by atoms with E-state index < -0.39 is 12.4 Å². The SMILES string of the molecule is COC1CC(C=O)=CC(CO)O1. The van der Waals surface area contributed by atoms with Gasteiger partial charge in [0.1, 0.15) is 12.4 Å². The van der Waals surface area contributed by atoms with Crippen LogP contribution in [0.1, 0.15) is 6.42 Å². The van der Waals surface area contributed by atoms with Gasteiger partial charge in [-0.05, 0) is 11.6 Å². The Kier molecular flexibility index (Phi) is 3.40. The van der Waals surface area contributed by atoms with Crippen LogP contribution in [0.15, 0.2) is 11.6 Å². The number of ether oxygens (including phenoxy) is 2. The molecule has 1 aliphatic heterocycles. The molecule has 0 saturated carbocycles. The minimum atomic E-state index is -0.413. The predicted octanol–water partition coefficient (Wildman–Crippen LogP) is -0.135. The average Bonchev–Trinajstić information content (AvgIpc) is 2.16. The Morgan fingerprint density at radius 2 is 2.67 bits per heavy atom. The van der Waals surface area contributed by atoms with Crippen LogP contribution in [0.3, 0.4) is 0 Å². The molecule has 0 amide bonds. The molecule has 0 bridgehead atoms. The number of aliphatic hydroxyl groups is 1. The summed E-state index contributed by atoms with van der Waals surface area (Å²) in [6, 6.07) is 0. The van der Waals surface area contributed by atoms with E-state index in [0.717, 1.165) is 6.29 Å². The Hall–Kier alpha value is -0.710. The van der Waals surface area contributed by atoms with Gasteiger partial charge in [0, 0.05) is 13.5 Å². The highest BCUT2D eigenvalue weighted by Crippen LogP contribution is 2.17. The summed E-state index contributed by atoms with van der Waals surface area (Å²) in [5.74, 6) is 0. The third-order valence-electron chi connectivity index (χ3n) is 1.72. The summed E-state index contributed by atoms with van der Waals surface area (Å²) >= 11 is 0. The molecule has 1 heterocycles. The fraction of sp³-hybridized carbons (Fsp3) is 0.625. The number of aliphatic hydroxyl groups excluding tert-OH is 1. The lowest BCUT2D eigenvalue weighted by molar-refractivity contribution is -0.157. The summed E-state index contributed by atoms with van der Waals surface area (Å²) in [4.78, 5) is 10.4. The van der Waals surface area contributed by atoms with Crippen LogP contribution in [-0.2, 0) is 14.3 Å². The van der Waals surface area contributed by atoms with Crippen molar-refractivity contribution in [3.8, 4) is 0 Å². The van der Waals surface area contributed by atoms with Crippen LogP contribution in [0.25, 0.3) is 0 Å². The van der Waals surface area contributed by atoms with Crippen LogP contribution in [0.5, 0.6) is 0 Å². The maximum atomic E-state index is 10.4. The van der Waals surface area contributed by atoms with Crippen LogP contribution < -0.4 is 0 Å². The lowest BCUT2D eigenvalue weighted by Crippen LogP contribution is -2.30. The highest BCUT2D eigenvalue weighted by Gasteiger charge is 2.21. The molecule has 1 aliphatic rings. The van der Waals surface area contributed by atoms with Crippen molar-refractivity contribution in [2.45, 2.75) is 18.8 Å². The summed E-state index contributed by atoms with van der Waals surface area (Å²) in [7, 11) is 1.51. The zero-order valence-corrected chi connectivity index (χ0v) is 6.90. The smallest absolute Gasteiger partial charge is 0.162 e. The van der Waals surface area contributed by atoms with E-state index in [2.05, 4.69) is 0 Å². The molecule has 1 N–H and O–H groups in total. The molecule has 2 atom stereocenters. The van der Waals surface area contributed by atoms with Crippen LogP contribution in [0.4, 0.5) is 0 Å². The van der Waals surface area contributed by atoms with Crippen molar-refractivity contribution < 1.29 is 19.4 Å². The molecule has 1 rings (SSSR count). The van der Waals surface area contributed by atoms with E-state index in [0.29, 0.717) is 12.0 Å². The zero-order valence-electron chi connectivity index (χ0n) is 6.90. The molecule has 2 unspecified atom stereocenters. The monoisotopic (exact) mass is 172 g/mol. The number of hydrogen-bond donors (Lipinski definition) is 1. The molecule has 0 saturated heterocycles. The topological polar surface area (TPSA) is 55.8 Å². The molecule has 4 nitrogen and oxygen atoms in total. The fourth-order valence-electron chi connectivity index (χ4n) is 1.10. The number of carbonyl (C=O) groups is 1. The van der Waals surface area contributed by atoms with Crippen LogP contribution in [-0.4, -0.2) is 37.5 Å². The molecule has 0 aromatic heterocycles. The van der Waals surface area contributed by atoms with Crippen molar-refractivity contribution in [3.05, 3.63) is 11.6 Å². The summed E-state index contributed by atoms with van der Waals surface area (Å²) in [6.07, 6.45) is 2.01. The van der Waals surface area contributed by atoms with E-state index in [9.17, 15) is 4.79 Å². The Balaban J connectivity index is 2.63. The molecular weight excluding hydrogens is 160 g/mol. The first-order chi connectivity index (χ1) is 5.80. The van der Waals surface area contributed by atoms with Gasteiger partial charge in [-0.25, -0.2) is 0 Å². The van der Waals surface area contributed by atoms with Gasteiger partial charge in [-0.1, -0.05) is 0 Å². The van der Waals surface area contributed by atoms with Gasteiger partial charge in [-0.15, -0.1) is 0 Å². The molecule has 0 radical (unpaired) electrons. The van der Waals surface area contributed by atoms with Gasteiger partial charge in [0.2, 0.25) is 0 Å². The van der Waals surface area contributed by atoms with Crippen LogP contribution in [0.2, 0.25) is 0 Å². The Morgan fingerprint density at radius 3 is 3.17 bits per heavy atom. The number of rotatable bonds is 3. The molecule has 4 heteroatoms. The first-order valence-corrected chi connectivity index (χ1v) is 3.75. The van der Waals surface area contributed by atoms with Gasteiger partial charge in [0.15, 0.2) is 6.29 Å². The molecule has 68 valence electrons. The van der Waals surface area contributed by atoms with Crippen molar-refractivity contribution in [1.29, 1.82) is 0 Å². The van der Waals surface area contributed by atoms with Gasteiger partial charge >= 0.3 is 0 Å². The second kappa shape index (κ2) is 4.35. The van der Waals surface area contributed by atoms with Crippen molar-refractivity contribution in [2.75, 3.05) is 13.7 Å². The third kappa shape index (κ3) is 2.14. The Morgan fingerprint density at radius 1 is 1.92 bits per heavy atom. The van der Waals surface area contributed by atoms with Gasteiger partial charge in [0.25, 0.3) is 0 Å². The molecule has 12 heavy (non-hydrogen) atoms. The largest absolute Gasteiger partial charge is 0.393 e. The number of carbonyl (C=O) groups excluding carboxylic acids is 1. The number of methoxy groups -OCH3 is 1. The quantitative estimate of drug-likeness (QED) is 0.602. The lowest BCUT2D eigenvalue weighted by Gasteiger charge is -2.25. The average molecular weight is 172 g/mol. The molecule has 0 spiro atoms. The second-order valence-corrected chi connectivity index (χ2v) is 2.59. The maximum Gasteiger partial charge on any atom is 0.162 e. The van der Waals surface area contributed by atoms with Crippen LogP contribution in [0, 0.1) is 0 Å². The van der Waals surface area contributed by atoms with Crippen molar-refractivity contribution in [2.24, 2.45) is 0 Å². The van der Waals surface area contributed by atoms with Gasteiger partial charge < -0.3 is 14.6 Å². The van der Waals surface area contributed by atoms with Crippen LogP contribution >= 0.6 is 0 Å². The molecule has 0 aromatic rings. The minimum Gasteiger partial charge on any atom is -0.393 e. The van der Waals surface area contributed by atoms with E-state index in [-0.39, 0.29) is 6.61 Å². The summed E-state index contributed by atoms with van der Waals surface area (Å²) in [6.45, 7) is -0.128. The Labute approximate surface area is 70.8 Å². The van der Waals surface area contributed by atoms with E-state index in [4.69, 9.17) is 14.6 Å². The van der Waals surface area contributed by atoms with Gasteiger partial charge in [0.05, 0.1) is 6.61 Å². The van der Waals surface area contributed by atoms with Crippen molar-refractivity contribution in [3.63, 3.8) is 0 Å².